The number of hydrogen-bond acceptors (Lipinski definition) is 3. The van der Waals surface area contributed by atoms with Crippen molar-refractivity contribution in [3.05, 3.63) is 36.4 Å². The summed E-state index contributed by atoms with van der Waals surface area (Å²) in [5.74, 6) is -0.0726. The number of hydrogen-bond donors (Lipinski definition) is 1. The Bertz CT molecular complexity index is 554. The third kappa shape index (κ3) is 3.92. The lowest BCUT2D eigenvalue weighted by molar-refractivity contribution is -0.125. The standard InChI is InChI=1S/C16H20N2O3/c1-3-4-5-15(19)17-13-6-7-14(12(2)10-13)18-8-9-21-11-16(18)20/h3,6-7,10H,1,4-5,8-9,11H2,2H3,(H,17,19). The van der Waals surface area contributed by atoms with Crippen LogP contribution in [0.4, 0.5) is 11.4 Å². The number of morpholine rings is 1. The minimum atomic E-state index is -0.0375. The van der Waals surface area contributed by atoms with E-state index in [-0.39, 0.29) is 18.4 Å². The van der Waals surface area contributed by atoms with E-state index in [1.807, 2.05) is 25.1 Å². The lowest BCUT2D eigenvalue weighted by Crippen LogP contribution is -2.42. The molecule has 0 spiro atoms. The first-order chi connectivity index (χ1) is 10.1. The Morgan fingerprint density at radius 1 is 1.52 bits per heavy atom. The van der Waals surface area contributed by atoms with Crippen molar-refractivity contribution >= 4 is 23.2 Å². The topological polar surface area (TPSA) is 58.6 Å². The van der Waals surface area contributed by atoms with Gasteiger partial charge in [-0.25, -0.2) is 0 Å². The smallest absolute Gasteiger partial charge is 0.253 e. The fourth-order valence-corrected chi connectivity index (χ4v) is 2.27. The normalized spacial score (nSPS) is 14.9. The number of aryl methyl sites for hydroxylation is 1. The molecular weight excluding hydrogens is 268 g/mol. The molecule has 0 atom stereocenters. The van der Waals surface area contributed by atoms with Gasteiger partial charge < -0.3 is 15.0 Å². The number of amides is 2. The van der Waals surface area contributed by atoms with E-state index >= 15 is 0 Å². The zero-order valence-corrected chi connectivity index (χ0v) is 12.2. The van der Waals surface area contributed by atoms with Gasteiger partial charge in [0.15, 0.2) is 0 Å². The number of nitrogens with zero attached hydrogens (tertiary/aromatic N) is 1. The molecule has 0 unspecified atom stereocenters. The molecule has 1 aliphatic rings. The lowest BCUT2D eigenvalue weighted by Gasteiger charge is -2.28. The highest BCUT2D eigenvalue weighted by Gasteiger charge is 2.21. The molecule has 0 aliphatic carbocycles. The number of rotatable bonds is 5. The van der Waals surface area contributed by atoms with Crippen LogP contribution in [0.5, 0.6) is 0 Å². The molecule has 112 valence electrons. The number of nitrogens with one attached hydrogen (secondary N) is 1. The van der Waals surface area contributed by atoms with E-state index < -0.39 is 0 Å². The van der Waals surface area contributed by atoms with Crippen LogP contribution in [0.2, 0.25) is 0 Å². The van der Waals surface area contributed by atoms with E-state index in [0.717, 1.165) is 16.9 Å². The van der Waals surface area contributed by atoms with E-state index in [9.17, 15) is 9.59 Å². The highest BCUT2D eigenvalue weighted by molar-refractivity contribution is 5.96. The van der Waals surface area contributed by atoms with Gasteiger partial charge in [-0.1, -0.05) is 6.08 Å². The first kappa shape index (κ1) is 15.3. The Morgan fingerprint density at radius 3 is 3.00 bits per heavy atom. The Morgan fingerprint density at radius 2 is 2.33 bits per heavy atom. The van der Waals surface area contributed by atoms with E-state index in [0.29, 0.717) is 26.0 Å². The molecule has 0 radical (unpaired) electrons. The average Bonchev–Trinajstić information content (AvgIpc) is 2.46. The van der Waals surface area contributed by atoms with Crippen LogP contribution in [-0.2, 0) is 14.3 Å². The van der Waals surface area contributed by atoms with Gasteiger partial charge in [0.1, 0.15) is 6.61 Å². The van der Waals surface area contributed by atoms with Crippen molar-refractivity contribution in [2.24, 2.45) is 0 Å². The van der Waals surface area contributed by atoms with Crippen LogP contribution in [0.15, 0.2) is 30.9 Å². The summed E-state index contributed by atoms with van der Waals surface area (Å²) in [6, 6.07) is 5.56. The van der Waals surface area contributed by atoms with Crippen LogP contribution in [0.25, 0.3) is 0 Å². The van der Waals surface area contributed by atoms with Crippen LogP contribution in [0.1, 0.15) is 18.4 Å². The average molecular weight is 288 g/mol. The number of ether oxygens (including phenoxy) is 1. The van der Waals surface area contributed by atoms with E-state index in [2.05, 4.69) is 11.9 Å². The Labute approximate surface area is 124 Å². The number of anilines is 2. The molecule has 2 amide bonds. The summed E-state index contributed by atoms with van der Waals surface area (Å²) in [5.41, 5.74) is 2.56. The Hall–Kier alpha value is -2.14. The molecule has 0 bridgehead atoms. The van der Waals surface area contributed by atoms with E-state index in [1.54, 1.807) is 11.0 Å². The molecule has 0 aromatic heterocycles. The quantitative estimate of drug-likeness (QED) is 0.846. The van der Waals surface area contributed by atoms with Crippen molar-refractivity contribution in [3.8, 4) is 0 Å². The minimum absolute atomic E-state index is 0.0351. The Kier molecular flexibility index (Phi) is 5.11. The van der Waals surface area contributed by atoms with Crippen molar-refractivity contribution in [2.75, 3.05) is 30.0 Å². The van der Waals surface area contributed by atoms with Gasteiger partial charge in [0.2, 0.25) is 5.91 Å². The van der Waals surface area contributed by atoms with Gasteiger partial charge in [-0.05, 0) is 37.1 Å². The molecule has 5 nitrogen and oxygen atoms in total. The summed E-state index contributed by atoms with van der Waals surface area (Å²) in [7, 11) is 0. The first-order valence-corrected chi connectivity index (χ1v) is 7.01. The van der Waals surface area contributed by atoms with E-state index in [1.165, 1.54) is 0 Å². The molecule has 1 saturated heterocycles. The van der Waals surface area contributed by atoms with Crippen molar-refractivity contribution in [1.29, 1.82) is 0 Å². The maximum atomic E-state index is 11.8. The molecule has 21 heavy (non-hydrogen) atoms. The van der Waals surface area contributed by atoms with Crippen LogP contribution in [0.3, 0.4) is 0 Å². The van der Waals surface area contributed by atoms with Crippen LogP contribution < -0.4 is 10.2 Å². The third-order valence-corrected chi connectivity index (χ3v) is 3.33. The number of carbonyl (C=O) groups is 2. The number of benzene rings is 1. The molecule has 1 fully saturated rings. The summed E-state index contributed by atoms with van der Waals surface area (Å²) in [4.78, 5) is 25.3. The highest BCUT2D eigenvalue weighted by atomic mass is 16.5. The zero-order valence-electron chi connectivity index (χ0n) is 12.2. The second-order valence-electron chi connectivity index (χ2n) is 4.97. The molecule has 1 N–H and O–H groups in total. The van der Waals surface area contributed by atoms with Gasteiger partial charge in [0, 0.05) is 24.3 Å². The van der Waals surface area contributed by atoms with Crippen molar-refractivity contribution in [3.63, 3.8) is 0 Å². The fraction of sp³-hybridized carbons (Fsp3) is 0.375. The van der Waals surface area contributed by atoms with Crippen LogP contribution >= 0.6 is 0 Å². The van der Waals surface area contributed by atoms with Gasteiger partial charge in [-0.15, -0.1) is 6.58 Å². The Balaban J connectivity index is 2.08. The predicted octanol–water partition coefficient (Wildman–Crippen LogP) is 2.26. The maximum absolute atomic E-state index is 11.8. The number of carbonyl (C=O) groups excluding carboxylic acids is 2. The molecule has 0 saturated carbocycles. The molecule has 1 aromatic carbocycles. The molecule has 2 rings (SSSR count). The van der Waals surface area contributed by atoms with Gasteiger partial charge in [-0.2, -0.15) is 0 Å². The van der Waals surface area contributed by atoms with Gasteiger partial charge in [0.25, 0.3) is 5.91 Å². The summed E-state index contributed by atoms with van der Waals surface area (Å²) in [6.07, 6.45) is 2.80. The van der Waals surface area contributed by atoms with Crippen molar-refractivity contribution < 1.29 is 14.3 Å². The lowest BCUT2D eigenvalue weighted by atomic mass is 10.1. The molecule has 1 heterocycles. The highest BCUT2D eigenvalue weighted by Crippen LogP contribution is 2.25. The summed E-state index contributed by atoms with van der Waals surface area (Å²) < 4.78 is 5.13. The second-order valence-corrected chi connectivity index (χ2v) is 4.97. The summed E-state index contributed by atoms with van der Waals surface area (Å²) >= 11 is 0. The van der Waals surface area contributed by atoms with Gasteiger partial charge in [0.05, 0.1) is 6.61 Å². The van der Waals surface area contributed by atoms with Gasteiger partial charge in [-0.3, -0.25) is 9.59 Å². The monoisotopic (exact) mass is 288 g/mol. The summed E-state index contributed by atoms with van der Waals surface area (Å²) in [6.45, 7) is 6.76. The third-order valence-electron chi connectivity index (χ3n) is 3.33. The van der Waals surface area contributed by atoms with E-state index in [4.69, 9.17) is 4.74 Å². The van der Waals surface area contributed by atoms with Crippen LogP contribution in [0, 0.1) is 6.92 Å². The fourth-order valence-electron chi connectivity index (χ4n) is 2.27. The number of allylic oxidation sites excluding steroid dienone is 1. The maximum Gasteiger partial charge on any atom is 0.253 e. The SMILES string of the molecule is C=CCCC(=O)Nc1ccc(N2CCOCC2=O)c(C)c1. The first-order valence-electron chi connectivity index (χ1n) is 7.01. The summed E-state index contributed by atoms with van der Waals surface area (Å²) in [5, 5.41) is 2.84. The van der Waals surface area contributed by atoms with Crippen molar-refractivity contribution in [1.82, 2.24) is 0 Å². The molecule has 1 aromatic rings. The zero-order chi connectivity index (χ0) is 15.2. The second kappa shape index (κ2) is 7.04. The molecular formula is C16H20N2O3. The minimum Gasteiger partial charge on any atom is -0.370 e. The largest absolute Gasteiger partial charge is 0.370 e. The van der Waals surface area contributed by atoms with Crippen LogP contribution in [-0.4, -0.2) is 31.6 Å². The van der Waals surface area contributed by atoms with Crippen molar-refractivity contribution in [2.45, 2.75) is 19.8 Å². The molecule has 1 aliphatic heterocycles. The predicted molar refractivity (Wildman–Crippen MR) is 82.4 cm³/mol. The molecule has 5 heteroatoms. The van der Waals surface area contributed by atoms with Gasteiger partial charge >= 0.3 is 0 Å².